The quantitative estimate of drug-likeness (QED) is 0.347. The van der Waals surface area contributed by atoms with Crippen molar-refractivity contribution < 1.29 is 15.0 Å². The molecule has 4 aliphatic carbocycles. The molecule has 11 atom stereocenters. The van der Waals surface area contributed by atoms with E-state index in [1.54, 1.807) is 11.3 Å². The van der Waals surface area contributed by atoms with Crippen LogP contribution >= 0.6 is 22.9 Å². The lowest BCUT2D eigenvalue weighted by Crippen LogP contribution is -2.62. The molecule has 4 fully saturated rings. The van der Waals surface area contributed by atoms with Crippen molar-refractivity contribution in [1.82, 2.24) is 5.32 Å². The van der Waals surface area contributed by atoms with Crippen LogP contribution in [-0.2, 0) is 4.79 Å². The number of thiophene rings is 1. The maximum Gasteiger partial charge on any atom is 0.220 e. The predicted molar refractivity (Wildman–Crippen MR) is 152 cm³/mol. The van der Waals surface area contributed by atoms with Gasteiger partial charge in [0.2, 0.25) is 5.91 Å². The Balaban J connectivity index is 1.31. The minimum absolute atomic E-state index is 0.0251. The summed E-state index contributed by atoms with van der Waals surface area (Å²) >= 11 is 7.70. The smallest absolute Gasteiger partial charge is 0.220 e. The molecule has 6 heteroatoms. The Morgan fingerprint density at radius 2 is 1.84 bits per heavy atom. The van der Waals surface area contributed by atoms with Crippen LogP contribution in [0, 0.1) is 45.8 Å². The van der Waals surface area contributed by atoms with Gasteiger partial charge < -0.3 is 15.5 Å². The first-order valence-corrected chi connectivity index (χ1v) is 16.0. The van der Waals surface area contributed by atoms with Crippen molar-refractivity contribution in [2.75, 3.05) is 0 Å². The molecule has 1 amide bonds. The van der Waals surface area contributed by atoms with E-state index in [0.717, 1.165) is 54.2 Å². The Bertz CT molecular complexity index is 999. The van der Waals surface area contributed by atoms with Crippen molar-refractivity contribution in [3.63, 3.8) is 0 Å². The van der Waals surface area contributed by atoms with Gasteiger partial charge in [-0.2, -0.15) is 0 Å². The van der Waals surface area contributed by atoms with Gasteiger partial charge in [-0.1, -0.05) is 46.2 Å². The molecule has 0 saturated heterocycles. The molecule has 6 unspecified atom stereocenters. The Kier molecular flexibility index (Phi) is 7.62. The highest BCUT2D eigenvalue weighted by Gasteiger charge is 2.67. The van der Waals surface area contributed by atoms with Gasteiger partial charge in [-0.15, -0.1) is 11.3 Å². The number of fused-ring (bicyclic) bond motifs is 5. The third-order valence-electron chi connectivity index (χ3n) is 12.4. The molecule has 0 radical (unpaired) electrons. The summed E-state index contributed by atoms with van der Waals surface area (Å²) in [5.74, 6) is 2.23. The van der Waals surface area contributed by atoms with Crippen LogP contribution in [0.25, 0.3) is 0 Å². The van der Waals surface area contributed by atoms with Crippen LogP contribution in [-0.4, -0.2) is 28.3 Å². The van der Waals surface area contributed by atoms with E-state index in [4.69, 9.17) is 11.6 Å². The lowest BCUT2D eigenvalue weighted by atomic mass is 9.39. The normalized spacial score (nSPS) is 44.9. The van der Waals surface area contributed by atoms with Gasteiger partial charge in [0.15, 0.2) is 0 Å². The maximum atomic E-state index is 13.2. The molecular weight excluding hydrogens is 502 g/mol. The van der Waals surface area contributed by atoms with Gasteiger partial charge in [0, 0.05) is 11.3 Å². The number of aliphatic hydroxyl groups is 2. The fourth-order valence-corrected chi connectivity index (χ4v) is 11.4. The minimum atomic E-state index is -0.279. The van der Waals surface area contributed by atoms with E-state index in [0.29, 0.717) is 36.0 Å². The molecule has 1 aromatic rings. The van der Waals surface area contributed by atoms with Crippen LogP contribution in [0.15, 0.2) is 12.1 Å². The highest BCUT2D eigenvalue weighted by atomic mass is 35.5. The summed E-state index contributed by atoms with van der Waals surface area (Å²) in [5.41, 5.74) is 0.461. The number of rotatable bonds is 6. The molecule has 4 nitrogen and oxygen atoms in total. The van der Waals surface area contributed by atoms with Crippen LogP contribution in [0.2, 0.25) is 4.34 Å². The summed E-state index contributed by atoms with van der Waals surface area (Å²) in [6.45, 7) is 11.8. The Morgan fingerprint density at radius 3 is 2.51 bits per heavy atom. The first-order valence-electron chi connectivity index (χ1n) is 14.8. The Morgan fingerprint density at radius 1 is 1.11 bits per heavy atom. The molecule has 4 saturated carbocycles. The summed E-state index contributed by atoms with van der Waals surface area (Å²) in [5, 5.41) is 25.3. The van der Waals surface area contributed by atoms with E-state index in [9.17, 15) is 15.0 Å². The maximum absolute atomic E-state index is 13.2. The topological polar surface area (TPSA) is 69.6 Å². The molecule has 37 heavy (non-hydrogen) atoms. The standard InChI is InChI=1S/C31H48ClNO3S/c1-6-23(25-7-8-26(32)37-25)33-27(36)15-18(2)21-10-14-31(5)28-22(11-13-30(21,31)4)29(3)12-9-20(34)16-19(29)17-24(28)35/h7-8,18-24,28,34-35H,6,9-17H2,1-5H3,(H,33,36)/t18-,19?,20-,21?,22+,23?,24-,28?,29?,30?,31+/m1/s1. The van der Waals surface area contributed by atoms with Crippen molar-refractivity contribution in [3.8, 4) is 0 Å². The van der Waals surface area contributed by atoms with Crippen LogP contribution < -0.4 is 5.32 Å². The summed E-state index contributed by atoms with van der Waals surface area (Å²) in [6.07, 6.45) is 9.28. The van der Waals surface area contributed by atoms with Gasteiger partial charge in [0.25, 0.3) is 0 Å². The van der Waals surface area contributed by atoms with Gasteiger partial charge in [-0.05, 0) is 116 Å². The lowest BCUT2D eigenvalue weighted by Gasteiger charge is -2.66. The lowest BCUT2D eigenvalue weighted by molar-refractivity contribution is -0.206. The van der Waals surface area contributed by atoms with Crippen LogP contribution in [0.5, 0.6) is 0 Å². The van der Waals surface area contributed by atoms with Crippen LogP contribution in [0.3, 0.4) is 0 Å². The zero-order valence-corrected chi connectivity index (χ0v) is 25.0. The first-order chi connectivity index (χ1) is 17.4. The number of hydrogen-bond donors (Lipinski definition) is 3. The monoisotopic (exact) mass is 549 g/mol. The molecule has 0 bridgehead atoms. The van der Waals surface area contributed by atoms with Crippen molar-refractivity contribution in [2.45, 2.75) is 117 Å². The molecule has 4 aliphatic rings. The molecule has 5 rings (SSSR count). The molecule has 0 spiro atoms. The molecule has 208 valence electrons. The summed E-state index contributed by atoms with van der Waals surface area (Å²) in [7, 11) is 0. The summed E-state index contributed by atoms with van der Waals surface area (Å²) in [4.78, 5) is 14.3. The van der Waals surface area contributed by atoms with Gasteiger partial charge >= 0.3 is 0 Å². The average molecular weight is 550 g/mol. The number of carbonyl (C=O) groups is 1. The zero-order valence-electron chi connectivity index (χ0n) is 23.4. The third-order valence-corrected chi connectivity index (χ3v) is 13.8. The molecular formula is C31H48ClNO3S. The van der Waals surface area contributed by atoms with Crippen molar-refractivity contribution in [3.05, 3.63) is 21.3 Å². The molecule has 1 aromatic heterocycles. The Labute approximate surface area is 233 Å². The second kappa shape index (κ2) is 10.1. The van der Waals surface area contributed by atoms with E-state index >= 15 is 0 Å². The Hall–Kier alpha value is -0.620. The van der Waals surface area contributed by atoms with E-state index in [-0.39, 0.29) is 40.4 Å². The number of aliphatic hydroxyl groups excluding tert-OH is 2. The second-order valence-electron chi connectivity index (χ2n) is 13.9. The zero-order chi connectivity index (χ0) is 26.8. The highest BCUT2D eigenvalue weighted by Crippen LogP contribution is 2.73. The van der Waals surface area contributed by atoms with Gasteiger partial charge in [-0.25, -0.2) is 0 Å². The summed E-state index contributed by atoms with van der Waals surface area (Å²) < 4.78 is 0.763. The van der Waals surface area contributed by atoms with Crippen LogP contribution in [0.4, 0.5) is 0 Å². The van der Waals surface area contributed by atoms with Gasteiger partial charge in [-0.3, -0.25) is 4.79 Å². The fraction of sp³-hybridized carbons (Fsp3) is 0.839. The molecule has 3 N–H and O–H groups in total. The first kappa shape index (κ1) is 27.9. The number of hydrogen-bond acceptors (Lipinski definition) is 4. The highest BCUT2D eigenvalue weighted by molar-refractivity contribution is 7.16. The average Bonchev–Trinajstić information content (AvgIpc) is 3.38. The second-order valence-corrected chi connectivity index (χ2v) is 15.7. The number of halogens is 1. The SMILES string of the molecule is CCC(NC(=O)C[C@@H](C)C1CC[C@@]2(C)C3[C@H](O)CC4C[C@H](O)CCC4(C)[C@H]3CCC12C)c1ccc(Cl)s1. The van der Waals surface area contributed by atoms with Gasteiger partial charge in [0.05, 0.1) is 22.6 Å². The number of carbonyl (C=O) groups excluding carboxylic acids is 1. The predicted octanol–water partition coefficient (Wildman–Crippen LogP) is 7.38. The summed E-state index contributed by atoms with van der Waals surface area (Å²) in [6, 6.07) is 3.96. The number of nitrogens with one attached hydrogen (secondary N) is 1. The van der Waals surface area contributed by atoms with E-state index in [1.807, 2.05) is 12.1 Å². The van der Waals surface area contributed by atoms with Crippen molar-refractivity contribution >= 4 is 28.8 Å². The fourth-order valence-electron chi connectivity index (χ4n) is 10.2. The molecule has 1 heterocycles. The van der Waals surface area contributed by atoms with E-state index in [2.05, 4.69) is 39.9 Å². The minimum Gasteiger partial charge on any atom is -0.393 e. The number of amides is 1. The van der Waals surface area contributed by atoms with Crippen molar-refractivity contribution in [1.29, 1.82) is 0 Å². The largest absolute Gasteiger partial charge is 0.393 e. The van der Waals surface area contributed by atoms with Crippen molar-refractivity contribution in [2.24, 2.45) is 45.8 Å². The van der Waals surface area contributed by atoms with E-state index < -0.39 is 0 Å². The molecule has 0 aromatic carbocycles. The third kappa shape index (κ3) is 4.52. The molecule has 0 aliphatic heterocycles. The van der Waals surface area contributed by atoms with Crippen LogP contribution in [0.1, 0.15) is 110 Å². The van der Waals surface area contributed by atoms with Gasteiger partial charge in [0.1, 0.15) is 0 Å². The van der Waals surface area contributed by atoms with E-state index in [1.165, 1.54) is 12.8 Å².